The van der Waals surface area contributed by atoms with Gasteiger partial charge in [-0.2, -0.15) is 5.10 Å². The van der Waals surface area contributed by atoms with Gasteiger partial charge in [0.2, 0.25) is 0 Å². The minimum atomic E-state index is 0.383. The van der Waals surface area contributed by atoms with Gasteiger partial charge >= 0.3 is 0 Å². The molecule has 1 N–H and O–H groups in total. The highest BCUT2D eigenvalue weighted by Crippen LogP contribution is 2.18. The maximum Gasteiger partial charge on any atom is 0.138 e. The summed E-state index contributed by atoms with van der Waals surface area (Å²) in [6.07, 6.45) is 3.63. The molecule has 1 unspecified atom stereocenters. The predicted molar refractivity (Wildman–Crippen MR) is 76.9 cm³/mol. The third-order valence-electron chi connectivity index (χ3n) is 3.30. The van der Waals surface area contributed by atoms with Gasteiger partial charge in [-0.05, 0) is 25.5 Å². The van der Waals surface area contributed by atoms with E-state index in [0.29, 0.717) is 6.04 Å². The maximum atomic E-state index is 4.34. The summed E-state index contributed by atoms with van der Waals surface area (Å²) in [7, 11) is 0. The number of aryl methyl sites for hydroxylation is 2. The fourth-order valence-electron chi connectivity index (χ4n) is 2.34. The average molecular weight is 258 g/mol. The van der Waals surface area contributed by atoms with E-state index in [0.717, 1.165) is 31.8 Å². The van der Waals surface area contributed by atoms with Gasteiger partial charge in [-0.1, -0.05) is 37.3 Å². The maximum absolute atomic E-state index is 4.34. The van der Waals surface area contributed by atoms with E-state index in [1.807, 2.05) is 4.68 Å². The molecule has 1 aromatic carbocycles. The second kappa shape index (κ2) is 7.04. The van der Waals surface area contributed by atoms with Gasteiger partial charge in [0.05, 0.1) is 0 Å². The normalized spacial score (nSPS) is 12.5. The number of nitrogens with one attached hydrogen (secondary N) is 1. The molecule has 0 radical (unpaired) electrons. The average Bonchev–Trinajstić information content (AvgIpc) is 2.92. The van der Waals surface area contributed by atoms with Crippen LogP contribution in [0.1, 0.15) is 37.7 Å². The van der Waals surface area contributed by atoms with E-state index in [2.05, 4.69) is 59.6 Å². The summed E-state index contributed by atoms with van der Waals surface area (Å²) in [5.74, 6) is 1.07. The highest BCUT2D eigenvalue weighted by atomic mass is 15.3. The van der Waals surface area contributed by atoms with Crippen molar-refractivity contribution in [2.45, 2.75) is 39.3 Å². The Balaban J connectivity index is 2.02. The molecule has 102 valence electrons. The third kappa shape index (κ3) is 3.64. The SMILES string of the molecule is CCNC(CCc1ncnn1CC)c1ccccc1. The lowest BCUT2D eigenvalue weighted by Gasteiger charge is -2.18. The molecule has 1 atom stereocenters. The lowest BCUT2D eigenvalue weighted by molar-refractivity contribution is 0.496. The Labute approximate surface area is 114 Å². The summed E-state index contributed by atoms with van der Waals surface area (Å²) in [5.41, 5.74) is 1.34. The Morgan fingerprint density at radius 2 is 2.00 bits per heavy atom. The lowest BCUT2D eigenvalue weighted by Crippen LogP contribution is -2.22. The van der Waals surface area contributed by atoms with Crippen LogP contribution in [0.15, 0.2) is 36.7 Å². The van der Waals surface area contributed by atoms with Crippen LogP contribution in [-0.2, 0) is 13.0 Å². The lowest BCUT2D eigenvalue weighted by atomic mass is 10.0. The van der Waals surface area contributed by atoms with Gasteiger partial charge < -0.3 is 5.32 Å². The number of aromatic nitrogens is 3. The van der Waals surface area contributed by atoms with Crippen LogP contribution in [0.25, 0.3) is 0 Å². The number of nitrogens with zero attached hydrogens (tertiary/aromatic N) is 3. The van der Waals surface area contributed by atoms with Crippen LogP contribution in [0, 0.1) is 0 Å². The van der Waals surface area contributed by atoms with E-state index in [1.54, 1.807) is 6.33 Å². The van der Waals surface area contributed by atoms with E-state index < -0.39 is 0 Å². The predicted octanol–water partition coefficient (Wildman–Crippen LogP) is 2.58. The molecule has 4 nitrogen and oxygen atoms in total. The number of hydrogen-bond donors (Lipinski definition) is 1. The van der Waals surface area contributed by atoms with Crippen LogP contribution in [0.4, 0.5) is 0 Å². The molecule has 0 fully saturated rings. The van der Waals surface area contributed by atoms with Crippen LogP contribution >= 0.6 is 0 Å². The fraction of sp³-hybridized carbons (Fsp3) is 0.467. The van der Waals surface area contributed by atoms with Gasteiger partial charge in [-0.15, -0.1) is 0 Å². The molecule has 1 heterocycles. The highest BCUT2D eigenvalue weighted by Gasteiger charge is 2.12. The molecule has 2 rings (SSSR count). The van der Waals surface area contributed by atoms with Gasteiger partial charge in [-0.3, -0.25) is 4.68 Å². The number of hydrogen-bond acceptors (Lipinski definition) is 3. The van der Waals surface area contributed by atoms with E-state index >= 15 is 0 Å². The molecular weight excluding hydrogens is 236 g/mol. The smallest absolute Gasteiger partial charge is 0.138 e. The van der Waals surface area contributed by atoms with E-state index in [1.165, 1.54) is 5.56 Å². The molecule has 4 heteroatoms. The van der Waals surface area contributed by atoms with Crippen molar-refractivity contribution in [1.29, 1.82) is 0 Å². The Morgan fingerprint density at radius 1 is 1.21 bits per heavy atom. The molecule has 0 aliphatic carbocycles. The molecule has 2 aromatic rings. The topological polar surface area (TPSA) is 42.7 Å². The molecule has 0 bridgehead atoms. The first-order valence-electron chi connectivity index (χ1n) is 7.00. The molecule has 0 amide bonds. The van der Waals surface area contributed by atoms with Crippen LogP contribution in [-0.4, -0.2) is 21.3 Å². The zero-order chi connectivity index (χ0) is 13.5. The first kappa shape index (κ1) is 13.7. The van der Waals surface area contributed by atoms with Crippen LogP contribution < -0.4 is 5.32 Å². The molecule has 19 heavy (non-hydrogen) atoms. The fourth-order valence-corrected chi connectivity index (χ4v) is 2.34. The Bertz CT molecular complexity index is 478. The van der Waals surface area contributed by atoms with Crippen molar-refractivity contribution in [2.75, 3.05) is 6.54 Å². The Hall–Kier alpha value is -1.68. The van der Waals surface area contributed by atoms with Crippen molar-refractivity contribution in [3.8, 4) is 0 Å². The van der Waals surface area contributed by atoms with Crippen molar-refractivity contribution >= 4 is 0 Å². The Kier molecular flexibility index (Phi) is 5.10. The minimum Gasteiger partial charge on any atom is -0.310 e. The first-order chi connectivity index (χ1) is 9.35. The number of rotatable bonds is 7. The summed E-state index contributed by atoms with van der Waals surface area (Å²) in [6.45, 7) is 6.09. The molecule has 0 saturated carbocycles. The molecule has 0 aliphatic heterocycles. The van der Waals surface area contributed by atoms with Gasteiger partial charge in [0, 0.05) is 19.0 Å². The zero-order valence-electron chi connectivity index (χ0n) is 11.7. The van der Waals surface area contributed by atoms with Crippen molar-refractivity contribution in [3.63, 3.8) is 0 Å². The summed E-state index contributed by atoms with van der Waals surface area (Å²) in [6, 6.07) is 11.0. The molecule has 1 aromatic heterocycles. The summed E-state index contributed by atoms with van der Waals surface area (Å²) in [5, 5.41) is 7.76. The second-order valence-electron chi connectivity index (χ2n) is 4.55. The summed E-state index contributed by atoms with van der Waals surface area (Å²) < 4.78 is 1.97. The molecule has 0 spiro atoms. The quantitative estimate of drug-likeness (QED) is 0.830. The van der Waals surface area contributed by atoms with Crippen molar-refractivity contribution in [2.24, 2.45) is 0 Å². The van der Waals surface area contributed by atoms with Crippen molar-refractivity contribution < 1.29 is 0 Å². The summed E-state index contributed by atoms with van der Waals surface area (Å²) in [4.78, 5) is 4.34. The number of benzene rings is 1. The van der Waals surface area contributed by atoms with E-state index in [9.17, 15) is 0 Å². The highest BCUT2D eigenvalue weighted by molar-refractivity contribution is 5.19. The summed E-state index contributed by atoms with van der Waals surface area (Å²) >= 11 is 0. The van der Waals surface area contributed by atoms with Crippen molar-refractivity contribution in [3.05, 3.63) is 48.0 Å². The van der Waals surface area contributed by atoms with Gasteiger partial charge in [0.15, 0.2) is 0 Å². The molecular formula is C15H22N4. The minimum absolute atomic E-state index is 0.383. The zero-order valence-corrected chi connectivity index (χ0v) is 11.7. The molecule has 0 aliphatic rings. The van der Waals surface area contributed by atoms with Crippen LogP contribution in [0.3, 0.4) is 0 Å². The van der Waals surface area contributed by atoms with E-state index in [-0.39, 0.29) is 0 Å². The third-order valence-corrected chi connectivity index (χ3v) is 3.30. The first-order valence-corrected chi connectivity index (χ1v) is 7.00. The van der Waals surface area contributed by atoms with Crippen molar-refractivity contribution in [1.82, 2.24) is 20.1 Å². The monoisotopic (exact) mass is 258 g/mol. The second-order valence-corrected chi connectivity index (χ2v) is 4.55. The van der Waals surface area contributed by atoms with Crippen LogP contribution in [0.5, 0.6) is 0 Å². The largest absolute Gasteiger partial charge is 0.310 e. The molecule has 0 saturated heterocycles. The van der Waals surface area contributed by atoms with Crippen LogP contribution in [0.2, 0.25) is 0 Å². The standard InChI is InChI=1S/C15H22N4/c1-3-16-14(13-8-6-5-7-9-13)10-11-15-17-12-18-19(15)4-2/h5-9,12,14,16H,3-4,10-11H2,1-2H3. The van der Waals surface area contributed by atoms with Gasteiger partial charge in [-0.25, -0.2) is 4.98 Å². The van der Waals surface area contributed by atoms with Gasteiger partial charge in [0.1, 0.15) is 12.2 Å². The Morgan fingerprint density at radius 3 is 2.68 bits per heavy atom. The van der Waals surface area contributed by atoms with Gasteiger partial charge in [0.25, 0.3) is 0 Å². The van der Waals surface area contributed by atoms with E-state index in [4.69, 9.17) is 0 Å².